The number of ether oxygens (including phenoxy) is 1. The van der Waals surface area contributed by atoms with Crippen LogP contribution in [0.2, 0.25) is 0 Å². The molecule has 158 valence electrons. The van der Waals surface area contributed by atoms with Gasteiger partial charge in [-0.15, -0.1) is 0 Å². The van der Waals surface area contributed by atoms with Gasteiger partial charge in [-0.3, -0.25) is 14.5 Å². The molecule has 1 aliphatic heterocycles. The van der Waals surface area contributed by atoms with Crippen molar-refractivity contribution in [3.05, 3.63) is 54.2 Å². The summed E-state index contributed by atoms with van der Waals surface area (Å²) < 4.78 is 6.91. The van der Waals surface area contributed by atoms with Crippen LogP contribution in [-0.4, -0.2) is 49.7 Å². The molecular weight excluding hydrogens is 396 g/mol. The zero-order chi connectivity index (χ0) is 21.4. The molecular formula is C21H22N8O2. The van der Waals surface area contributed by atoms with E-state index in [4.69, 9.17) is 16.2 Å². The van der Waals surface area contributed by atoms with Crippen LogP contribution < -0.4 is 11.5 Å². The highest BCUT2D eigenvalue weighted by molar-refractivity contribution is 6.04. The minimum atomic E-state index is -0.391. The first kappa shape index (κ1) is 19.3. The second kappa shape index (κ2) is 7.88. The predicted molar refractivity (Wildman–Crippen MR) is 113 cm³/mol. The topological polar surface area (TPSA) is 147 Å². The quantitative estimate of drug-likeness (QED) is 0.453. The molecule has 3 aromatic rings. The Hall–Kier alpha value is -3.66. The molecule has 4 heterocycles. The largest absolute Gasteiger partial charge is 0.387 e. The highest BCUT2D eigenvalue weighted by Gasteiger charge is 2.35. The third-order valence-electron chi connectivity index (χ3n) is 5.60. The van der Waals surface area contributed by atoms with Gasteiger partial charge in [0.05, 0.1) is 36.7 Å². The number of amides is 1. The minimum absolute atomic E-state index is 0.150. The molecule has 3 aromatic heterocycles. The highest BCUT2D eigenvalue weighted by Crippen LogP contribution is 2.42. The summed E-state index contributed by atoms with van der Waals surface area (Å²) in [6, 6.07) is 4.03. The SMILES string of the molecule is NC(=NC(=O)c1cnn(C2COC2)c1)C(c1ccc(-c2cnc(N)nc2)nc1)C1CC1. The number of nitrogen functional groups attached to an aromatic ring is 1. The molecule has 4 N–H and O–H groups in total. The van der Waals surface area contributed by atoms with E-state index in [1.807, 2.05) is 12.1 Å². The number of rotatable bonds is 6. The van der Waals surface area contributed by atoms with Crippen LogP contribution in [0, 0.1) is 5.92 Å². The molecule has 0 spiro atoms. The molecule has 5 rings (SSSR count). The van der Waals surface area contributed by atoms with Crippen LogP contribution in [0.15, 0.2) is 48.1 Å². The Labute approximate surface area is 178 Å². The maximum Gasteiger partial charge on any atom is 0.281 e. The van der Waals surface area contributed by atoms with Gasteiger partial charge < -0.3 is 16.2 Å². The number of hydrogen-bond acceptors (Lipinski definition) is 7. The van der Waals surface area contributed by atoms with Crippen LogP contribution in [0.5, 0.6) is 0 Å². The molecule has 2 fully saturated rings. The van der Waals surface area contributed by atoms with Gasteiger partial charge in [-0.1, -0.05) is 6.07 Å². The van der Waals surface area contributed by atoms with Crippen molar-refractivity contribution in [2.24, 2.45) is 16.6 Å². The summed E-state index contributed by atoms with van der Waals surface area (Å²) in [6.07, 6.45) is 10.3. The second-order valence-corrected chi connectivity index (χ2v) is 7.86. The molecule has 0 bridgehead atoms. The van der Waals surface area contributed by atoms with E-state index in [-0.39, 0.29) is 17.9 Å². The Kier molecular flexibility index (Phi) is 4.91. The molecule has 1 saturated heterocycles. The number of carbonyl (C=O) groups excluding carboxylic acids is 1. The van der Waals surface area contributed by atoms with E-state index in [1.54, 1.807) is 29.5 Å². The van der Waals surface area contributed by atoms with Crippen LogP contribution in [0.3, 0.4) is 0 Å². The fraction of sp³-hybridized carbons (Fsp3) is 0.333. The van der Waals surface area contributed by atoms with Gasteiger partial charge in [0, 0.05) is 36.3 Å². The van der Waals surface area contributed by atoms with Gasteiger partial charge in [0.1, 0.15) is 5.84 Å². The van der Waals surface area contributed by atoms with Gasteiger partial charge in [-0.2, -0.15) is 10.1 Å². The van der Waals surface area contributed by atoms with Crippen molar-refractivity contribution in [3.8, 4) is 11.3 Å². The number of carbonyl (C=O) groups is 1. The summed E-state index contributed by atoms with van der Waals surface area (Å²) in [6.45, 7) is 1.21. The lowest BCUT2D eigenvalue weighted by molar-refractivity contribution is -0.0286. The molecule has 0 radical (unpaired) electrons. The molecule has 1 aliphatic carbocycles. The van der Waals surface area contributed by atoms with E-state index in [2.05, 4.69) is 25.0 Å². The predicted octanol–water partition coefficient (Wildman–Crippen LogP) is 1.58. The number of aromatic nitrogens is 5. The summed E-state index contributed by atoms with van der Waals surface area (Å²) in [5.74, 6) is 0.340. The van der Waals surface area contributed by atoms with Crippen molar-refractivity contribution >= 4 is 17.7 Å². The number of anilines is 1. The lowest BCUT2D eigenvalue weighted by Crippen LogP contribution is -2.30. The van der Waals surface area contributed by atoms with Gasteiger partial charge in [0.2, 0.25) is 5.95 Å². The Bertz CT molecular complexity index is 1120. The molecule has 1 saturated carbocycles. The van der Waals surface area contributed by atoms with E-state index in [0.29, 0.717) is 30.5 Å². The first-order valence-corrected chi connectivity index (χ1v) is 10.1. The molecule has 2 aliphatic rings. The van der Waals surface area contributed by atoms with Crippen molar-refractivity contribution in [1.29, 1.82) is 0 Å². The summed E-state index contributed by atoms with van der Waals surface area (Å²) in [7, 11) is 0. The van der Waals surface area contributed by atoms with Crippen molar-refractivity contribution in [2.75, 3.05) is 18.9 Å². The van der Waals surface area contributed by atoms with Crippen LogP contribution in [0.4, 0.5) is 5.95 Å². The van der Waals surface area contributed by atoms with Crippen molar-refractivity contribution < 1.29 is 9.53 Å². The number of amidine groups is 1. The molecule has 1 atom stereocenters. The van der Waals surface area contributed by atoms with E-state index in [9.17, 15) is 4.79 Å². The molecule has 1 unspecified atom stereocenters. The first-order chi connectivity index (χ1) is 15.1. The Balaban J connectivity index is 1.35. The van der Waals surface area contributed by atoms with Crippen LogP contribution in [0.25, 0.3) is 11.3 Å². The molecule has 1 amide bonds. The Morgan fingerprint density at radius 3 is 2.52 bits per heavy atom. The average molecular weight is 418 g/mol. The Morgan fingerprint density at radius 2 is 1.90 bits per heavy atom. The zero-order valence-corrected chi connectivity index (χ0v) is 16.8. The Morgan fingerprint density at radius 1 is 1.13 bits per heavy atom. The van der Waals surface area contributed by atoms with Crippen molar-refractivity contribution in [1.82, 2.24) is 24.7 Å². The van der Waals surface area contributed by atoms with Gasteiger partial charge in [0.15, 0.2) is 0 Å². The number of aliphatic imine (C=N–C) groups is 1. The lowest BCUT2D eigenvalue weighted by atomic mass is 9.94. The average Bonchev–Trinajstić information content (AvgIpc) is 3.44. The summed E-state index contributed by atoms with van der Waals surface area (Å²) in [5, 5.41) is 4.24. The van der Waals surface area contributed by atoms with Crippen LogP contribution in [0.1, 0.15) is 40.7 Å². The summed E-state index contributed by atoms with van der Waals surface area (Å²) in [5.41, 5.74) is 14.7. The van der Waals surface area contributed by atoms with Gasteiger partial charge in [-0.25, -0.2) is 9.97 Å². The number of nitrogens with two attached hydrogens (primary N) is 2. The maximum absolute atomic E-state index is 12.7. The molecule has 31 heavy (non-hydrogen) atoms. The summed E-state index contributed by atoms with van der Waals surface area (Å²) in [4.78, 5) is 29.4. The second-order valence-electron chi connectivity index (χ2n) is 7.86. The van der Waals surface area contributed by atoms with Crippen molar-refractivity contribution in [3.63, 3.8) is 0 Å². The monoisotopic (exact) mass is 418 g/mol. The van der Waals surface area contributed by atoms with Gasteiger partial charge in [0.25, 0.3) is 5.91 Å². The molecule has 0 aromatic carbocycles. The normalized spacial score (nSPS) is 17.9. The standard InChI is InChI=1S/C21H22N8O2/c22-19(28-20(30)15-8-27-29(9-15)16-10-31-11-16)18(12-1-2-12)13-3-4-17(24-5-13)14-6-25-21(23)26-7-14/h3-9,12,16,18H,1-2,10-11H2,(H2,22,28,30)(H2,23,25,26). The number of nitrogens with zero attached hydrogens (tertiary/aromatic N) is 6. The molecule has 10 heteroatoms. The van der Waals surface area contributed by atoms with E-state index in [0.717, 1.165) is 29.7 Å². The third-order valence-corrected chi connectivity index (χ3v) is 5.60. The van der Waals surface area contributed by atoms with Gasteiger partial charge in [-0.05, 0) is 30.4 Å². The smallest absolute Gasteiger partial charge is 0.281 e. The zero-order valence-electron chi connectivity index (χ0n) is 16.8. The lowest BCUT2D eigenvalue weighted by Gasteiger charge is -2.25. The summed E-state index contributed by atoms with van der Waals surface area (Å²) >= 11 is 0. The number of hydrogen-bond donors (Lipinski definition) is 2. The van der Waals surface area contributed by atoms with E-state index < -0.39 is 5.91 Å². The minimum Gasteiger partial charge on any atom is -0.387 e. The van der Waals surface area contributed by atoms with Crippen LogP contribution >= 0.6 is 0 Å². The van der Waals surface area contributed by atoms with E-state index >= 15 is 0 Å². The fourth-order valence-electron chi connectivity index (χ4n) is 3.62. The third kappa shape index (κ3) is 4.02. The molecule has 10 nitrogen and oxygen atoms in total. The van der Waals surface area contributed by atoms with Crippen LogP contribution in [-0.2, 0) is 4.74 Å². The van der Waals surface area contributed by atoms with E-state index in [1.165, 1.54) is 6.20 Å². The fourth-order valence-corrected chi connectivity index (χ4v) is 3.62. The maximum atomic E-state index is 12.7. The van der Waals surface area contributed by atoms with Crippen molar-refractivity contribution in [2.45, 2.75) is 24.8 Å². The number of pyridine rings is 1. The first-order valence-electron chi connectivity index (χ1n) is 10.1. The highest BCUT2D eigenvalue weighted by atomic mass is 16.5. The van der Waals surface area contributed by atoms with Gasteiger partial charge >= 0.3 is 0 Å².